The lowest BCUT2D eigenvalue weighted by Gasteiger charge is -2.13. The highest BCUT2D eigenvalue weighted by molar-refractivity contribution is 6.15. The Morgan fingerprint density at radius 1 is 0.235 bits per heavy atom. The average molecular weight is 1080 g/mol. The second kappa shape index (κ2) is 19.0. The summed E-state index contributed by atoms with van der Waals surface area (Å²) in [7, 11) is 0. The molecule has 0 fully saturated rings. The predicted molar refractivity (Wildman–Crippen MR) is 355 cm³/mol. The van der Waals surface area contributed by atoms with Crippen LogP contribution in [0.5, 0.6) is 0 Å². The van der Waals surface area contributed by atoms with Crippen LogP contribution in [-0.2, 0) is 0 Å². The Kier molecular flexibility index (Phi) is 10.7. The number of benzene rings is 13. The van der Waals surface area contributed by atoms with Crippen LogP contribution in [-0.4, -0.2) is 18.3 Å². The molecule has 0 aliphatic rings. The van der Waals surface area contributed by atoms with E-state index in [0.29, 0.717) is 5.56 Å². The maximum Gasteiger partial charge on any atom is 0.0991 e. The minimum Gasteiger partial charge on any atom is -0.398 e. The summed E-state index contributed by atoms with van der Waals surface area (Å²) in [5, 5.41) is 19.3. The van der Waals surface area contributed by atoms with Crippen molar-refractivity contribution in [3.8, 4) is 73.3 Å². The fourth-order valence-corrected chi connectivity index (χ4v) is 13.6. The van der Waals surface area contributed by atoms with Crippen LogP contribution in [0.1, 0.15) is 5.56 Å². The van der Waals surface area contributed by atoms with Gasteiger partial charge in [-0.2, -0.15) is 5.26 Å². The van der Waals surface area contributed by atoms with Crippen LogP contribution in [0.2, 0.25) is 0 Å². The van der Waals surface area contributed by atoms with E-state index in [1.54, 1.807) is 0 Å². The Balaban J connectivity index is 0.690. The monoisotopic (exact) mass is 1080 g/mol. The van der Waals surface area contributed by atoms with Gasteiger partial charge in [-0.1, -0.05) is 158 Å². The van der Waals surface area contributed by atoms with E-state index in [2.05, 4.69) is 297 Å². The second-order valence-electron chi connectivity index (χ2n) is 22.2. The van der Waals surface area contributed by atoms with Crippen LogP contribution in [0.3, 0.4) is 0 Å². The number of nitrogens with two attached hydrogens (primary N) is 1. The van der Waals surface area contributed by atoms with Crippen LogP contribution < -0.4 is 5.73 Å². The molecular formula is C79H50N6. The molecule has 2 N–H and O–H groups in total. The van der Waals surface area contributed by atoms with Gasteiger partial charge in [-0.3, -0.25) is 0 Å². The first kappa shape index (κ1) is 48.1. The summed E-state index contributed by atoms with van der Waals surface area (Å²) >= 11 is 0. The lowest BCUT2D eigenvalue weighted by atomic mass is 10.0. The molecule has 6 nitrogen and oxygen atoms in total. The first-order valence-electron chi connectivity index (χ1n) is 28.8. The summed E-state index contributed by atoms with van der Waals surface area (Å²) in [6, 6.07) is 107. The summed E-state index contributed by atoms with van der Waals surface area (Å²) in [5.41, 5.74) is 30.8. The number of hydrogen-bond acceptors (Lipinski definition) is 2. The molecule has 6 heteroatoms. The second-order valence-corrected chi connectivity index (χ2v) is 22.2. The highest BCUT2D eigenvalue weighted by Gasteiger charge is 2.20. The smallest absolute Gasteiger partial charge is 0.0991 e. The number of hydrogen-bond donors (Lipinski definition) is 1. The molecule has 0 aliphatic carbocycles. The van der Waals surface area contributed by atoms with Crippen molar-refractivity contribution in [3.63, 3.8) is 0 Å². The molecule has 0 spiro atoms. The molecule has 0 aliphatic heterocycles. The zero-order chi connectivity index (χ0) is 56.3. The molecule has 0 saturated heterocycles. The van der Waals surface area contributed by atoms with E-state index in [9.17, 15) is 5.26 Å². The minimum atomic E-state index is 0.649. The van der Waals surface area contributed by atoms with Gasteiger partial charge in [0.25, 0.3) is 0 Å². The zero-order valence-electron chi connectivity index (χ0n) is 46.0. The van der Waals surface area contributed by atoms with Gasteiger partial charge in [0, 0.05) is 77.1 Å². The van der Waals surface area contributed by atoms with Gasteiger partial charge >= 0.3 is 0 Å². The lowest BCUT2D eigenvalue weighted by molar-refractivity contribution is 1.18. The number of anilines is 1. The van der Waals surface area contributed by atoms with Crippen LogP contribution in [0.4, 0.5) is 5.69 Å². The number of fused-ring (bicyclic) bond motifs is 12. The highest BCUT2D eigenvalue weighted by atomic mass is 15.0. The molecule has 4 aromatic heterocycles. The molecule has 4 heterocycles. The quantitative estimate of drug-likeness (QED) is 0.154. The number of nitrogens with zero attached hydrogens (tertiary/aromatic N) is 5. The van der Waals surface area contributed by atoms with Crippen LogP contribution >= 0.6 is 0 Å². The van der Waals surface area contributed by atoms with Crippen molar-refractivity contribution in [1.29, 1.82) is 5.26 Å². The van der Waals surface area contributed by atoms with E-state index in [1.165, 1.54) is 65.3 Å². The van der Waals surface area contributed by atoms with Crippen molar-refractivity contribution in [2.45, 2.75) is 0 Å². The molecule has 17 aromatic rings. The third-order valence-electron chi connectivity index (χ3n) is 17.5. The molecular weight excluding hydrogens is 1030 g/mol. The van der Waals surface area contributed by atoms with E-state index in [4.69, 9.17) is 5.73 Å². The van der Waals surface area contributed by atoms with Gasteiger partial charge in [-0.05, 0) is 172 Å². The summed E-state index contributed by atoms with van der Waals surface area (Å²) < 4.78 is 9.45. The molecule has 17 rings (SSSR count). The third kappa shape index (κ3) is 7.58. The molecule has 0 bridgehead atoms. The Labute approximate surface area is 489 Å². The largest absolute Gasteiger partial charge is 0.398 e. The van der Waals surface area contributed by atoms with Crippen molar-refractivity contribution in [2.24, 2.45) is 0 Å². The van der Waals surface area contributed by atoms with Gasteiger partial charge in [0.2, 0.25) is 0 Å². The molecule has 13 aromatic carbocycles. The van der Waals surface area contributed by atoms with Crippen LogP contribution in [0.15, 0.2) is 291 Å². The summed E-state index contributed by atoms with van der Waals surface area (Å²) in [5.74, 6) is 0. The van der Waals surface area contributed by atoms with Gasteiger partial charge in [-0.25, -0.2) is 0 Å². The third-order valence-corrected chi connectivity index (χ3v) is 17.5. The molecule has 0 radical (unpaired) electrons. The van der Waals surface area contributed by atoms with Crippen molar-refractivity contribution < 1.29 is 0 Å². The first-order chi connectivity index (χ1) is 42.0. The SMILES string of the molecule is N#Cc1cccc(-c2cccc(-n3c4ccccc4c4cc(-c5ccc6c(c5)c5ccccc5n6-c5ccc(-c6ccc(-n7c8ccccc8c8cc(-c9ccc%10c(c9)c9ccccc9n%10-c9ccccc9)ccc87)cc6N)cc5)ccc43)c2)c1. The van der Waals surface area contributed by atoms with Crippen molar-refractivity contribution in [2.75, 3.05) is 5.73 Å². The average Bonchev–Trinajstić information content (AvgIpc) is 3.09. The maximum atomic E-state index is 9.62. The highest BCUT2D eigenvalue weighted by Crippen LogP contribution is 2.42. The van der Waals surface area contributed by atoms with Crippen LogP contribution in [0.25, 0.3) is 154 Å². The number of nitrogen functional groups attached to an aromatic ring is 1. The first-order valence-corrected chi connectivity index (χ1v) is 28.8. The van der Waals surface area contributed by atoms with Crippen molar-refractivity contribution in [1.82, 2.24) is 18.3 Å². The van der Waals surface area contributed by atoms with Gasteiger partial charge in [0.1, 0.15) is 0 Å². The van der Waals surface area contributed by atoms with Gasteiger partial charge in [-0.15, -0.1) is 0 Å². The lowest BCUT2D eigenvalue weighted by Crippen LogP contribution is -1.98. The van der Waals surface area contributed by atoms with E-state index in [0.717, 1.165) is 94.9 Å². The normalized spacial score (nSPS) is 11.8. The topological polar surface area (TPSA) is 69.5 Å². The van der Waals surface area contributed by atoms with E-state index < -0.39 is 0 Å². The molecule has 0 unspecified atom stereocenters. The fraction of sp³-hybridized carbons (Fsp3) is 0. The Bertz CT molecular complexity index is 5630. The maximum absolute atomic E-state index is 9.62. The fourth-order valence-electron chi connectivity index (χ4n) is 13.6. The van der Waals surface area contributed by atoms with Gasteiger partial charge in [0.05, 0.1) is 55.8 Å². The Morgan fingerprint density at radius 3 is 1.01 bits per heavy atom. The number of rotatable bonds is 8. The Morgan fingerprint density at radius 2 is 0.565 bits per heavy atom. The summed E-state index contributed by atoms with van der Waals surface area (Å²) in [6.07, 6.45) is 0. The van der Waals surface area contributed by atoms with Crippen molar-refractivity contribution >= 4 is 92.9 Å². The van der Waals surface area contributed by atoms with Crippen LogP contribution in [0, 0.1) is 11.3 Å². The van der Waals surface area contributed by atoms with E-state index >= 15 is 0 Å². The molecule has 0 amide bonds. The van der Waals surface area contributed by atoms with Crippen molar-refractivity contribution in [3.05, 3.63) is 297 Å². The summed E-state index contributed by atoms with van der Waals surface area (Å²) in [6.45, 7) is 0. The van der Waals surface area contributed by atoms with E-state index in [-0.39, 0.29) is 0 Å². The minimum absolute atomic E-state index is 0.649. The van der Waals surface area contributed by atoms with Gasteiger partial charge < -0.3 is 24.0 Å². The summed E-state index contributed by atoms with van der Waals surface area (Å²) in [4.78, 5) is 0. The number of nitriles is 1. The molecule has 0 atom stereocenters. The molecule has 85 heavy (non-hydrogen) atoms. The molecule has 0 saturated carbocycles. The zero-order valence-corrected chi connectivity index (χ0v) is 46.0. The van der Waals surface area contributed by atoms with E-state index in [1.807, 2.05) is 18.2 Å². The van der Waals surface area contributed by atoms with Gasteiger partial charge in [0.15, 0.2) is 0 Å². The standard InChI is InChI=1S/C79H50N6/c80-49-50-14-12-15-52(42-50)53-16-13-19-60(43-53)84-74-26-10-6-22-65(74)69-46-56(32-40-78(69)84)55-31-39-77-68(45-55)64-21-5-9-25-73(64)83(77)59-34-28-51(29-35-59)62-37-36-61(48-71(62)81)85-75-27-11-7-23-66(75)70-47-57(33-41-79(70)85)54-30-38-76-67(44-54)63-20-4-8-24-72(63)82(76)58-17-2-1-3-18-58/h1-48H,81H2. The number of para-hydroxylation sites is 5. The number of aromatic nitrogens is 4. The molecule has 396 valence electrons. The predicted octanol–water partition coefficient (Wildman–Crippen LogP) is 20.2. The Hall–Kier alpha value is -11.7.